The van der Waals surface area contributed by atoms with E-state index in [2.05, 4.69) is 5.43 Å². The number of hydrazine groups is 1. The molecule has 0 spiro atoms. The predicted octanol–water partition coefficient (Wildman–Crippen LogP) is 9.48. The molecule has 332 valence electrons. The van der Waals surface area contributed by atoms with Crippen molar-refractivity contribution in [1.29, 1.82) is 0 Å². The van der Waals surface area contributed by atoms with Gasteiger partial charge in [-0.3, -0.25) is 29.5 Å². The van der Waals surface area contributed by atoms with Crippen molar-refractivity contribution in [2.75, 3.05) is 38.3 Å². The van der Waals surface area contributed by atoms with E-state index in [4.69, 9.17) is 42.1 Å². The number of anilines is 2. The number of nitrogens with zero attached hydrogens (tertiary/aromatic N) is 2. The lowest BCUT2D eigenvalue weighted by molar-refractivity contribution is -0.138. The minimum atomic E-state index is -1.59. The molecular formula is C51H45Cl2N3O9. The van der Waals surface area contributed by atoms with E-state index >= 15 is 9.59 Å². The van der Waals surface area contributed by atoms with Crippen LogP contribution in [-0.2, 0) is 24.6 Å². The molecule has 14 heteroatoms. The van der Waals surface area contributed by atoms with Gasteiger partial charge in [0.1, 0.15) is 17.2 Å². The fourth-order valence-corrected chi connectivity index (χ4v) is 10.8. The maximum Gasteiger partial charge on any atom is 0.260 e. The average molecular weight is 915 g/mol. The first-order valence-corrected chi connectivity index (χ1v) is 22.0. The lowest BCUT2D eigenvalue weighted by Gasteiger charge is -2.50. The molecule has 4 amide bonds. The van der Waals surface area contributed by atoms with E-state index in [1.54, 1.807) is 88.9 Å². The van der Waals surface area contributed by atoms with E-state index in [9.17, 15) is 14.7 Å². The minimum Gasteiger partial charge on any atom is -0.504 e. The number of benzene rings is 5. The van der Waals surface area contributed by atoms with E-state index in [-0.39, 0.29) is 53.5 Å². The number of carbonyl (C=O) groups excluding carboxylic acids is 4. The van der Waals surface area contributed by atoms with Gasteiger partial charge >= 0.3 is 0 Å². The first kappa shape index (κ1) is 43.5. The molecule has 0 radical (unpaired) electrons. The summed E-state index contributed by atoms with van der Waals surface area (Å²) in [5.74, 6) is -3.87. The Labute approximate surface area is 385 Å². The predicted molar refractivity (Wildman–Crippen MR) is 247 cm³/mol. The van der Waals surface area contributed by atoms with Gasteiger partial charge in [-0.2, -0.15) is 5.01 Å². The van der Waals surface area contributed by atoms with E-state index < -0.39 is 46.8 Å². The van der Waals surface area contributed by atoms with Crippen LogP contribution >= 0.6 is 23.2 Å². The van der Waals surface area contributed by atoms with Crippen LogP contribution in [0.2, 0.25) is 10.0 Å². The first-order valence-electron chi connectivity index (χ1n) is 21.2. The van der Waals surface area contributed by atoms with Gasteiger partial charge in [0.25, 0.3) is 11.8 Å². The fraction of sp³-hybridized carbons (Fsp3) is 0.255. The standard InChI is InChI=1S/C51H45Cl2N3O9/c1-5-65-44-25-30(10-22-42(44)57)46-36-19-20-37-45(49(60)55(47(37)58)33-14-7-28(8-15-33)6-9-29-24-35(63-3)18-23-43(29)64-4)38(36)27-39-48(59)56(54-41-21-13-32(52)26-40(41)53)50(61)51(39,46)31-11-16-34(62-2)17-12-31/h6-19,21-26,37-39,45-46,54,57H,5,20,27H2,1-4H3/t37-,38+,39-,45-,46-,51+/m0/s1. The molecule has 5 aromatic rings. The van der Waals surface area contributed by atoms with Gasteiger partial charge in [-0.25, -0.2) is 0 Å². The molecule has 2 saturated heterocycles. The molecule has 0 bridgehead atoms. The second-order valence-electron chi connectivity index (χ2n) is 16.4. The Morgan fingerprint density at radius 2 is 1.51 bits per heavy atom. The molecule has 2 heterocycles. The zero-order valence-corrected chi connectivity index (χ0v) is 37.4. The smallest absolute Gasteiger partial charge is 0.260 e. The topological polar surface area (TPSA) is 144 Å². The highest BCUT2D eigenvalue weighted by atomic mass is 35.5. The molecule has 0 unspecified atom stereocenters. The molecule has 5 aromatic carbocycles. The normalized spacial score (nSPS) is 23.5. The number of ether oxygens (including phenoxy) is 4. The zero-order chi connectivity index (χ0) is 45.7. The molecule has 3 fully saturated rings. The molecule has 1 saturated carbocycles. The maximum absolute atomic E-state index is 15.6. The van der Waals surface area contributed by atoms with Gasteiger partial charge in [0.15, 0.2) is 11.5 Å². The van der Waals surface area contributed by atoms with E-state index in [0.717, 1.165) is 21.7 Å². The Morgan fingerprint density at radius 3 is 2.20 bits per heavy atom. The Balaban J connectivity index is 1.13. The monoisotopic (exact) mass is 913 g/mol. The number of rotatable bonds is 12. The van der Waals surface area contributed by atoms with Gasteiger partial charge in [0.2, 0.25) is 11.8 Å². The summed E-state index contributed by atoms with van der Waals surface area (Å²) in [4.78, 5) is 61.5. The van der Waals surface area contributed by atoms with Crippen LogP contribution in [-0.4, -0.2) is 61.7 Å². The van der Waals surface area contributed by atoms with Crippen LogP contribution < -0.4 is 29.3 Å². The van der Waals surface area contributed by atoms with Crippen molar-refractivity contribution >= 4 is 70.4 Å². The molecule has 65 heavy (non-hydrogen) atoms. The number of hydrogen-bond acceptors (Lipinski definition) is 10. The number of phenols is 1. The number of allylic oxidation sites excluding steroid dienone is 2. The van der Waals surface area contributed by atoms with Gasteiger partial charge in [-0.05, 0) is 115 Å². The molecule has 2 aliphatic heterocycles. The number of aromatic hydroxyl groups is 1. The molecule has 2 aliphatic carbocycles. The van der Waals surface area contributed by atoms with Crippen molar-refractivity contribution in [1.82, 2.24) is 5.01 Å². The third kappa shape index (κ3) is 7.25. The van der Waals surface area contributed by atoms with Crippen molar-refractivity contribution in [3.8, 4) is 28.7 Å². The van der Waals surface area contributed by atoms with Crippen LogP contribution in [0.5, 0.6) is 28.7 Å². The van der Waals surface area contributed by atoms with Crippen LogP contribution in [0, 0.1) is 23.7 Å². The zero-order valence-electron chi connectivity index (χ0n) is 35.9. The maximum atomic E-state index is 15.6. The molecule has 12 nitrogen and oxygen atoms in total. The number of imide groups is 2. The molecule has 6 atom stereocenters. The van der Waals surface area contributed by atoms with Crippen LogP contribution in [0.3, 0.4) is 0 Å². The summed E-state index contributed by atoms with van der Waals surface area (Å²) in [5, 5.41) is 12.5. The number of fused-ring (bicyclic) bond motifs is 4. The van der Waals surface area contributed by atoms with Gasteiger partial charge in [0, 0.05) is 16.5 Å². The minimum absolute atomic E-state index is 0.0767. The van der Waals surface area contributed by atoms with Crippen molar-refractivity contribution in [2.45, 2.75) is 31.1 Å². The van der Waals surface area contributed by atoms with Gasteiger partial charge in [0.05, 0.1) is 67.5 Å². The van der Waals surface area contributed by atoms with Crippen LogP contribution in [0.25, 0.3) is 12.2 Å². The number of amides is 4. The average Bonchev–Trinajstić information content (AvgIpc) is 3.70. The summed E-state index contributed by atoms with van der Waals surface area (Å²) in [7, 11) is 4.74. The first-order chi connectivity index (χ1) is 31.4. The Bertz CT molecular complexity index is 2790. The molecular weight excluding hydrogens is 869 g/mol. The lowest BCUT2D eigenvalue weighted by Crippen LogP contribution is -2.53. The third-order valence-electron chi connectivity index (χ3n) is 13.2. The highest BCUT2D eigenvalue weighted by Crippen LogP contribution is 2.64. The quantitative estimate of drug-likeness (QED) is 0.0706. The molecule has 4 aliphatic rings. The number of carbonyl (C=O) groups is 4. The summed E-state index contributed by atoms with van der Waals surface area (Å²) in [6, 6.07) is 29.4. The second-order valence-corrected chi connectivity index (χ2v) is 17.3. The fourth-order valence-electron chi connectivity index (χ4n) is 10.3. The van der Waals surface area contributed by atoms with Gasteiger partial charge in [-0.15, -0.1) is 0 Å². The molecule has 9 rings (SSSR count). The summed E-state index contributed by atoms with van der Waals surface area (Å²) >= 11 is 12.8. The van der Waals surface area contributed by atoms with Gasteiger partial charge in [-0.1, -0.05) is 77.3 Å². The van der Waals surface area contributed by atoms with E-state index in [0.29, 0.717) is 39.1 Å². The number of phenolic OH excluding ortho intramolecular Hbond substituents is 1. The lowest BCUT2D eigenvalue weighted by atomic mass is 9.49. The van der Waals surface area contributed by atoms with Crippen molar-refractivity contribution in [2.24, 2.45) is 23.7 Å². The Kier molecular flexibility index (Phi) is 11.6. The number of nitrogens with one attached hydrogen (secondary N) is 1. The number of hydrogen-bond donors (Lipinski definition) is 2. The largest absolute Gasteiger partial charge is 0.504 e. The summed E-state index contributed by atoms with van der Waals surface area (Å²) < 4.78 is 22.3. The van der Waals surface area contributed by atoms with Crippen LogP contribution in [0.4, 0.5) is 11.4 Å². The van der Waals surface area contributed by atoms with Crippen LogP contribution in [0.15, 0.2) is 115 Å². The van der Waals surface area contributed by atoms with Crippen molar-refractivity contribution < 1.29 is 43.2 Å². The Morgan fingerprint density at radius 1 is 0.769 bits per heavy atom. The number of halogens is 2. The Hall–Kier alpha value is -6.76. The SMILES string of the molecule is CCOc1cc([C@H]2C3=CC[C@@H]4C(=O)N(c5ccc(C=Cc6cc(OC)ccc6OC)cc5)C(=O)[C@@H]4[C@@H]3C[C@H]3C(=O)N(Nc4ccc(Cl)cc4Cl)C(=O)[C@@]23c2ccc(OC)cc2)ccc1O. The molecule has 0 aromatic heterocycles. The number of methoxy groups -OCH3 is 3. The van der Waals surface area contributed by atoms with E-state index in [1.807, 2.05) is 48.6 Å². The summed E-state index contributed by atoms with van der Waals surface area (Å²) in [6.07, 6.45) is 6.08. The second kappa shape index (κ2) is 17.3. The highest BCUT2D eigenvalue weighted by Gasteiger charge is 2.70. The molecule has 2 N–H and O–H groups in total. The van der Waals surface area contributed by atoms with Gasteiger partial charge < -0.3 is 24.1 Å². The third-order valence-corrected chi connectivity index (χ3v) is 13.8. The summed E-state index contributed by atoms with van der Waals surface area (Å²) in [6.45, 7) is 2.05. The summed E-state index contributed by atoms with van der Waals surface area (Å²) in [5.41, 5.74) is 5.64. The van der Waals surface area contributed by atoms with E-state index in [1.165, 1.54) is 17.0 Å². The van der Waals surface area contributed by atoms with Crippen LogP contribution in [0.1, 0.15) is 47.9 Å². The highest BCUT2D eigenvalue weighted by molar-refractivity contribution is 6.36. The van der Waals surface area contributed by atoms with Crippen molar-refractivity contribution in [3.63, 3.8) is 0 Å². The van der Waals surface area contributed by atoms with Crippen molar-refractivity contribution in [3.05, 3.63) is 147 Å².